The number of esters is 1. The van der Waals surface area contributed by atoms with Gasteiger partial charge in [0.2, 0.25) is 5.78 Å². The van der Waals surface area contributed by atoms with Crippen molar-refractivity contribution in [3.8, 4) is 5.75 Å². The maximum absolute atomic E-state index is 12.8. The maximum Gasteiger partial charge on any atom is 0.338 e. The highest BCUT2D eigenvalue weighted by molar-refractivity contribution is 6.05. The Hall–Kier alpha value is -3.68. The molecule has 3 rings (SSSR count). The molecule has 0 saturated carbocycles. The summed E-state index contributed by atoms with van der Waals surface area (Å²) in [6.07, 6.45) is -1.04. The molecule has 1 atom stereocenters. The number of ketones is 2. The number of Topliss-reactive ketones (excluding diaryl/α,β-unsaturated/α-hetero) is 2. The minimum atomic E-state index is -1.04. The maximum atomic E-state index is 12.8. The van der Waals surface area contributed by atoms with Crippen LogP contribution < -0.4 is 4.74 Å². The van der Waals surface area contributed by atoms with Crippen LogP contribution in [0, 0.1) is 27.7 Å². The molecule has 8 heteroatoms. The Bertz CT molecular complexity index is 1170. The summed E-state index contributed by atoms with van der Waals surface area (Å²) in [7, 11) is 0. The van der Waals surface area contributed by atoms with Crippen LogP contribution in [0.25, 0.3) is 0 Å². The van der Waals surface area contributed by atoms with Gasteiger partial charge in [-0.25, -0.2) is 4.79 Å². The van der Waals surface area contributed by atoms with E-state index in [0.717, 1.165) is 11.3 Å². The van der Waals surface area contributed by atoms with Crippen LogP contribution in [0.2, 0.25) is 0 Å². The molecule has 0 fully saturated rings. The lowest BCUT2D eigenvalue weighted by atomic mass is 10.0. The van der Waals surface area contributed by atoms with E-state index in [9.17, 15) is 14.4 Å². The first-order valence-corrected chi connectivity index (χ1v) is 10.2. The Kier molecular flexibility index (Phi) is 6.62. The second kappa shape index (κ2) is 9.21. The summed E-state index contributed by atoms with van der Waals surface area (Å²) in [4.78, 5) is 40.2. The van der Waals surface area contributed by atoms with Crippen LogP contribution in [-0.4, -0.2) is 33.8 Å². The first-order chi connectivity index (χ1) is 15.1. The number of aromatic amines is 1. The van der Waals surface area contributed by atoms with Crippen molar-refractivity contribution in [2.24, 2.45) is 0 Å². The molecule has 3 aromatic rings. The molecule has 0 saturated heterocycles. The van der Waals surface area contributed by atoms with Gasteiger partial charge in [0.15, 0.2) is 11.9 Å². The van der Waals surface area contributed by atoms with Crippen LogP contribution in [0.3, 0.4) is 0 Å². The Morgan fingerprint density at radius 3 is 2.47 bits per heavy atom. The number of hydrogen-bond acceptors (Lipinski definition) is 7. The van der Waals surface area contributed by atoms with Crippen molar-refractivity contribution in [2.45, 2.75) is 54.3 Å². The van der Waals surface area contributed by atoms with Gasteiger partial charge in [-0.15, -0.1) is 0 Å². The van der Waals surface area contributed by atoms with E-state index in [1.54, 1.807) is 45.0 Å². The normalized spacial score (nSPS) is 11.8. The molecule has 2 aromatic heterocycles. The number of aromatic nitrogens is 2. The minimum Gasteiger partial charge on any atom is -0.489 e. The minimum absolute atomic E-state index is 0.131. The second-order valence-corrected chi connectivity index (χ2v) is 7.71. The zero-order valence-corrected chi connectivity index (χ0v) is 19.0. The third-order valence-corrected chi connectivity index (χ3v) is 5.32. The molecule has 1 N–H and O–H groups in total. The molecule has 0 bridgehead atoms. The molecule has 0 radical (unpaired) electrons. The molecule has 8 nitrogen and oxygen atoms in total. The molecule has 2 heterocycles. The number of hydrogen-bond donors (Lipinski definition) is 1. The van der Waals surface area contributed by atoms with E-state index >= 15 is 0 Å². The van der Waals surface area contributed by atoms with Gasteiger partial charge in [0.05, 0.1) is 22.5 Å². The number of carbonyl (C=O) groups excluding carboxylic acids is 3. The molecule has 0 aliphatic carbocycles. The van der Waals surface area contributed by atoms with Crippen LogP contribution in [0.15, 0.2) is 28.8 Å². The fourth-order valence-electron chi connectivity index (χ4n) is 3.59. The lowest BCUT2D eigenvalue weighted by Crippen LogP contribution is -2.25. The summed E-state index contributed by atoms with van der Waals surface area (Å²) >= 11 is 0. The SMILES string of the molecule is CC(=O)c1c(C)[nH]c(C(=O)C(C)OC(=O)c2cccc(OCc3c(C)noc3C)c2)c1C. The van der Waals surface area contributed by atoms with Gasteiger partial charge in [-0.2, -0.15) is 0 Å². The van der Waals surface area contributed by atoms with E-state index in [0.29, 0.717) is 28.3 Å². The van der Waals surface area contributed by atoms with Crippen molar-refractivity contribution in [2.75, 3.05) is 0 Å². The monoisotopic (exact) mass is 438 g/mol. The van der Waals surface area contributed by atoms with Gasteiger partial charge in [-0.05, 0) is 65.3 Å². The van der Waals surface area contributed by atoms with Crippen LogP contribution >= 0.6 is 0 Å². The highest BCUT2D eigenvalue weighted by atomic mass is 16.5. The standard InChI is InChI=1S/C24H26N2O6/c1-12-21(15(4)27)14(3)25-22(12)23(28)17(6)31-24(29)18-8-7-9-19(10-18)30-11-20-13(2)26-32-16(20)5/h7-10,17,25H,11H2,1-6H3. The molecule has 0 aliphatic heterocycles. The topological polar surface area (TPSA) is 111 Å². The second-order valence-electron chi connectivity index (χ2n) is 7.71. The molecule has 1 unspecified atom stereocenters. The van der Waals surface area contributed by atoms with Gasteiger partial charge in [0, 0.05) is 11.3 Å². The van der Waals surface area contributed by atoms with Gasteiger partial charge in [0.25, 0.3) is 0 Å². The van der Waals surface area contributed by atoms with Crippen LogP contribution in [0.4, 0.5) is 0 Å². The number of nitrogens with zero attached hydrogens (tertiary/aromatic N) is 1. The number of nitrogens with one attached hydrogen (secondary N) is 1. The highest BCUT2D eigenvalue weighted by Gasteiger charge is 2.26. The molecule has 0 spiro atoms. The fraction of sp³-hybridized carbons (Fsp3) is 0.333. The zero-order valence-electron chi connectivity index (χ0n) is 19.0. The molecule has 0 amide bonds. The first-order valence-electron chi connectivity index (χ1n) is 10.2. The van der Waals surface area contributed by atoms with Crippen molar-refractivity contribution >= 4 is 17.5 Å². The number of H-pyrrole nitrogens is 1. The number of rotatable bonds is 8. The van der Waals surface area contributed by atoms with Gasteiger partial charge in [-0.1, -0.05) is 11.2 Å². The summed E-state index contributed by atoms with van der Waals surface area (Å²) < 4.78 is 16.3. The van der Waals surface area contributed by atoms with Crippen molar-refractivity contribution in [3.63, 3.8) is 0 Å². The molecule has 1 aromatic carbocycles. The van der Waals surface area contributed by atoms with Gasteiger partial charge < -0.3 is 19.0 Å². The zero-order chi connectivity index (χ0) is 23.6. The summed E-state index contributed by atoms with van der Waals surface area (Å²) in [5, 5.41) is 3.89. The van der Waals surface area contributed by atoms with E-state index in [2.05, 4.69) is 10.1 Å². The fourth-order valence-corrected chi connectivity index (χ4v) is 3.59. The summed E-state index contributed by atoms with van der Waals surface area (Å²) in [5.41, 5.74) is 3.76. The summed E-state index contributed by atoms with van der Waals surface area (Å²) in [6.45, 7) is 10.3. The quantitative estimate of drug-likeness (QED) is 0.408. The Balaban J connectivity index is 1.69. The molecule has 32 heavy (non-hydrogen) atoms. The predicted octanol–water partition coefficient (Wildman–Crippen LogP) is 4.45. The molecular weight excluding hydrogens is 412 g/mol. The van der Waals surface area contributed by atoms with Gasteiger partial charge >= 0.3 is 5.97 Å². The predicted molar refractivity (Wildman–Crippen MR) is 116 cm³/mol. The van der Waals surface area contributed by atoms with Crippen LogP contribution in [0.1, 0.15) is 73.3 Å². The molecular formula is C24H26N2O6. The smallest absolute Gasteiger partial charge is 0.338 e. The molecule has 168 valence electrons. The van der Waals surface area contributed by atoms with Gasteiger partial charge in [0.1, 0.15) is 18.1 Å². The lowest BCUT2D eigenvalue weighted by molar-refractivity contribution is 0.0316. The average Bonchev–Trinajstić information content (AvgIpc) is 3.23. The van der Waals surface area contributed by atoms with E-state index in [1.165, 1.54) is 13.8 Å². The third kappa shape index (κ3) is 4.64. The van der Waals surface area contributed by atoms with E-state index < -0.39 is 17.9 Å². The Morgan fingerprint density at radius 1 is 1.16 bits per heavy atom. The van der Waals surface area contributed by atoms with Crippen molar-refractivity contribution < 1.29 is 28.4 Å². The van der Waals surface area contributed by atoms with Crippen LogP contribution in [-0.2, 0) is 11.3 Å². The Labute approximate surface area is 185 Å². The number of ether oxygens (including phenoxy) is 2. The highest BCUT2D eigenvalue weighted by Crippen LogP contribution is 2.22. The number of aryl methyl sites for hydroxylation is 3. The third-order valence-electron chi connectivity index (χ3n) is 5.32. The van der Waals surface area contributed by atoms with Gasteiger partial charge in [-0.3, -0.25) is 9.59 Å². The van der Waals surface area contributed by atoms with E-state index in [-0.39, 0.29) is 23.6 Å². The average molecular weight is 438 g/mol. The lowest BCUT2D eigenvalue weighted by Gasteiger charge is -2.13. The number of benzene rings is 1. The summed E-state index contributed by atoms with van der Waals surface area (Å²) in [5.74, 6) is -0.0412. The van der Waals surface area contributed by atoms with Crippen molar-refractivity contribution in [1.29, 1.82) is 0 Å². The van der Waals surface area contributed by atoms with Crippen LogP contribution in [0.5, 0.6) is 5.75 Å². The first kappa shape index (κ1) is 23.0. The Morgan fingerprint density at radius 2 is 1.88 bits per heavy atom. The molecule has 0 aliphatic rings. The largest absolute Gasteiger partial charge is 0.489 e. The van der Waals surface area contributed by atoms with Crippen molar-refractivity contribution in [1.82, 2.24) is 10.1 Å². The van der Waals surface area contributed by atoms with Crippen molar-refractivity contribution in [3.05, 3.63) is 69.4 Å². The van der Waals surface area contributed by atoms with E-state index in [1.807, 2.05) is 6.92 Å². The number of carbonyl (C=O) groups is 3. The summed E-state index contributed by atoms with van der Waals surface area (Å²) in [6, 6.07) is 6.52. The van der Waals surface area contributed by atoms with E-state index in [4.69, 9.17) is 14.0 Å².